The van der Waals surface area contributed by atoms with E-state index in [0.29, 0.717) is 54.3 Å². The van der Waals surface area contributed by atoms with Crippen LogP contribution in [0.4, 0.5) is 18.9 Å². The molecule has 2 fully saturated rings. The third kappa shape index (κ3) is 4.63. The fourth-order valence-electron chi connectivity index (χ4n) is 5.76. The van der Waals surface area contributed by atoms with Crippen molar-refractivity contribution in [3.8, 4) is 0 Å². The van der Waals surface area contributed by atoms with Crippen LogP contribution in [-0.4, -0.2) is 46.5 Å². The first-order valence-corrected chi connectivity index (χ1v) is 12.5. The molecule has 0 bridgehead atoms. The SMILES string of the molecule is CN(C(=O)C1CC2(CCC(=O)N2)C1)[C@@H](c1ccc(NC2Cc3ccc(Cl)c(Cl)c3C2)cn1)C(F)(F)F. The number of carbonyl (C=O) groups is 2. The van der Waals surface area contributed by atoms with Gasteiger partial charge in [0, 0.05) is 31.0 Å². The van der Waals surface area contributed by atoms with Crippen molar-refractivity contribution < 1.29 is 22.8 Å². The minimum atomic E-state index is -4.70. The van der Waals surface area contributed by atoms with Gasteiger partial charge in [-0.3, -0.25) is 14.6 Å². The van der Waals surface area contributed by atoms with Crippen LogP contribution in [0.25, 0.3) is 0 Å². The first kappa shape index (κ1) is 25.1. The number of anilines is 1. The van der Waals surface area contributed by atoms with E-state index in [1.807, 2.05) is 6.07 Å². The van der Waals surface area contributed by atoms with Crippen LogP contribution in [0.2, 0.25) is 10.0 Å². The maximum absolute atomic E-state index is 14.1. The molecule has 1 saturated carbocycles. The minimum absolute atomic E-state index is 0.00768. The highest BCUT2D eigenvalue weighted by molar-refractivity contribution is 6.42. The first-order valence-electron chi connectivity index (χ1n) is 11.8. The molecule has 1 aromatic carbocycles. The van der Waals surface area contributed by atoms with Crippen molar-refractivity contribution in [1.82, 2.24) is 15.2 Å². The van der Waals surface area contributed by atoms with Crippen LogP contribution < -0.4 is 10.6 Å². The summed E-state index contributed by atoms with van der Waals surface area (Å²) in [7, 11) is 1.16. The van der Waals surface area contributed by atoms with Gasteiger partial charge in [-0.05, 0) is 61.4 Å². The molecule has 2 atom stereocenters. The molecule has 1 spiro atoms. The molecule has 192 valence electrons. The highest BCUT2D eigenvalue weighted by Crippen LogP contribution is 2.46. The molecule has 1 aromatic heterocycles. The molecule has 11 heteroatoms. The zero-order valence-electron chi connectivity index (χ0n) is 19.5. The van der Waals surface area contributed by atoms with Crippen molar-refractivity contribution in [2.45, 2.75) is 62.3 Å². The lowest BCUT2D eigenvalue weighted by atomic mass is 9.67. The minimum Gasteiger partial charge on any atom is -0.380 e. The van der Waals surface area contributed by atoms with Crippen molar-refractivity contribution in [3.05, 3.63) is 57.3 Å². The Morgan fingerprint density at radius 2 is 1.97 bits per heavy atom. The van der Waals surface area contributed by atoms with E-state index in [1.165, 1.54) is 12.3 Å². The molecule has 0 radical (unpaired) electrons. The van der Waals surface area contributed by atoms with Gasteiger partial charge in [0.05, 0.1) is 27.6 Å². The lowest BCUT2D eigenvalue weighted by Gasteiger charge is -2.46. The zero-order chi connectivity index (χ0) is 25.8. The molecule has 2 N–H and O–H groups in total. The van der Waals surface area contributed by atoms with E-state index in [2.05, 4.69) is 15.6 Å². The summed E-state index contributed by atoms with van der Waals surface area (Å²) in [5, 5.41) is 7.18. The zero-order valence-corrected chi connectivity index (χ0v) is 21.0. The number of fused-ring (bicyclic) bond motifs is 1. The van der Waals surface area contributed by atoms with E-state index in [9.17, 15) is 22.8 Å². The lowest BCUT2D eigenvalue weighted by molar-refractivity contribution is -0.193. The third-order valence-corrected chi connectivity index (χ3v) is 8.39. The number of pyridine rings is 1. The summed E-state index contributed by atoms with van der Waals surface area (Å²) in [5.74, 6) is -1.22. The predicted molar refractivity (Wildman–Crippen MR) is 130 cm³/mol. The molecule has 2 heterocycles. The Bertz CT molecular complexity index is 1200. The standard InChI is InChI=1S/C25H25Cl2F3N4O2/c1-34(23(36)14-10-24(11-14)7-6-20(35)33-24)22(25(28,29)30)19-5-3-15(12-31-19)32-16-8-13-2-4-18(26)21(27)17(13)9-16/h2-5,12,14,16,22,32H,6-11H2,1H3,(H,33,35)/t14?,16?,22-,24?/m0/s1. The first-order chi connectivity index (χ1) is 17.0. The van der Waals surface area contributed by atoms with Crippen molar-refractivity contribution in [3.63, 3.8) is 0 Å². The van der Waals surface area contributed by atoms with E-state index in [4.69, 9.17) is 23.2 Å². The number of alkyl halides is 3. The Morgan fingerprint density at radius 1 is 1.22 bits per heavy atom. The van der Waals surface area contributed by atoms with Gasteiger partial charge in [-0.1, -0.05) is 29.3 Å². The summed E-state index contributed by atoms with van der Waals surface area (Å²) in [6, 6.07) is 4.37. The smallest absolute Gasteiger partial charge is 0.380 e. The number of nitrogens with one attached hydrogen (secondary N) is 2. The van der Waals surface area contributed by atoms with Crippen LogP contribution in [0.5, 0.6) is 0 Å². The van der Waals surface area contributed by atoms with Gasteiger partial charge in [0.1, 0.15) is 0 Å². The molecule has 2 aromatic rings. The molecular weight excluding hydrogens is 516 g/mol. The van der Waals surface area contributed by atoms with Crippen LogP contribution in [0, 0.1) is 5.92 Å². The molecule has 1 unspecified atom stereocenters. The van der Waals surface area contributed by atoms with Gasteiger partial charge in [-0.25, -0.2) is 0 Å². The fourth-order valence-corrected chi connectivity index (χ4v) is 6.20. The molecule has 2 amide bonds. The van der Waals surface area contributed by atoms with Gasteiger partial charge in [-0.2, -0.15) is 13.2 Å². The summed E-state index contributed by atoms with van der Waals surface area (Å²) in [5.41, 5.74) is 1.94. The Morgan fingerprint density at radius 3 is 2.58 bits per heavy atom. The van der Waals surface area contributed by atoms with Crippen molar-refractivity contribution >= 4 is 40.7 Å². The number of rotatable bonds is 5. The molecule has 5 rings (SSSR count). The largest absolute Gasteiger partial charge is 0.414 e. The van der Waals surface area contributed by atoms with E-state index in [0.717, 1.165) is 23.1 Å². The predicted octanol–water partition coefficient (Wildman–Crippen LogP) is 5.09. The Hall–Kier alpha value is -2.52. The summed E-state index contributed by atoms with van der Waals surface area (Å²) in [6.45, 7) is 0. The average molecular weight is 541 g/mol. The maximum Gasteiger partial charge on any atom is 0.414 e. The summed E-state index contributed by atoms with van der Waals surface area (Å²) < 4.78 is 42.2. The van der Waals surface area contributed by atoms with E-state index < -0.39 is 29.6 Å². The number of hydrogen-bond donors (Lipinski definition) is 2. The second kappa shape index (κ2) is 9.10. The highest BCUT2D eigenvalue weighted by Gasteiger charge is 2.54. The Labute approximate surface area is 216 Å². The lowest BCUT2D eigenvalue weighted by Crippen LogP contribution is -2.57. The number of carbonyl (C=O) groups excluding carboxylic acids is 2. The van der Waals surface area contributed by atoms with Crippen LogP contribution in [0.1, 0.15) is 48.5 Å². The molecule has 3 aliphatic rings. The number of benzene rings is 1. The van der Waals surface area contributed by atoms with Crippen LogP contribution in [-0.2, 0) is 22.4 Å². The van der Waals surface area contributed by atoms with Gasteiger partial charge in [-0.15, -0.1) is 0 Å². The van der Waals surface area contributed by atoms with Crippen molar-refractivity contribution in [1.29, 1.82) is 0 Å². The third-order valence-electron chi connectivity index (χ3n) is 7.55. The van der Waals surface area contributed by atoms with E-state index >= 15 is 0 Å². The molecule has 6 nitrogen and oxygen atoms in total. The molecule has 36 heavy (non-hydrogen) atoms. The Balaban J connectivity index is 1.26. The van der Waals surface area contributed by atoms with Gasteiger partial charge in [0.25, 0.3) is 0 Å². The fraction of sp³-hybridized carbons (Fsp3) is 0.480. The highest BCUT2D eigenvalue weighted by atomic mass is 35.5. The van der Waals surface area contributed by atoms with Crippen LogP contribution in [0.3, 0.4) is 0 Å². The van der Waals surface area contributed by atoms with E-state index in [-0.39, 0.29) is 17.6 Å². The summed E-state index contributed by atoms with van der Waals surface area (Å²) in [4.78, 5) is 29.3. The quantitative estimate of drug-likeness (QED) is 0.554. The molecule has 1 aliphatic heterocycles. The van der Waals surface area contributed by atoms with Crippen LogP contribution in [0.15, 0.2) is 30.5 Å². The van der Waals surface area contributed by atoms with Gasteiger partial charge >= 0.3 is 6.18 Å². The number of aromatic nitrogens is 1. The van der Waals surface area contributed by atoms with Crippen molar-refractivity contribution in [2.75, 3.05) is 12.4 Å². The average Bonchev–Trinajstić information content (AvgIpc) is 3.39. The number of amides is 2. The molecule has 1 saturated heterocycles. The Kier molecular flexibility index (Phi) is 6.35. The number of halogens is 5. The summed E-state index contributed by atoms with van der Waals surface area (Å²) >= 11 is 12.4. The summed E-state index contributed by atoms with van der Waals surface area (Å²) in [6.07, 6.45) is -0.260. The van der Waals surface area contributed by atoms with Gasteiger partial charge in [0.15, 0.2) is 6.04 Å². The monoisotopic (exact) mass is 540 g/mol. The van der Waals surface area contributed by atoms with Crippen molar-refractivity contribution in [2.24, 2.45) is 5.92 Å². The topological polar surface area (TPSA) is 74.3 Å². The van der Waals surface area contributed by atoms with Crippen LogP contribution >= 0.6 is 23.2 Å². The molecular formula is C25H25Cl2F3N4O2. The second-order valence-electron chi connectivity index (χ2n) is 10.0. The number of nitrogens with zero attached hydrogens (tertiary/aromatic N) is 2. The van der Waals surface area contributed by atoms with Gasteiger partial charge in [0.2, 0.25) is 11.8 Å². The van der Waals surface area contributed by atoms with Gasteiger partial charge < -0.3 is 15.5 Å². The molecule has 2 aliphatic carbocycles. The van der Waals surface area contributed by atoms with E-state index in [1.54, 1.807) is 12.1 Å². The number of hydrogen-bond acceptors (Lipinski definition) is 4. The normalized spacial score (nSPS) is 25.8. The second-order valence-corrected chi connectivity index (χ2v) is 10.8. The maximum atomic E-state index is 14.1.